The maximum atomic E-state index is 10.6. The number of hydrogen-bond acceptors (Lipinski definition) is 10. The van der Waals surface area contributed by atoms with Gasteiger partial charge in [-0.2, -0.15) is 0 Å². The van der Waals surface area contributed by atoms with E-state index in [1.807, 2.05) is 0 Å². The van der Waals surface area contributed by atoms with Gasteiger partial charge in [0.1, 0.15) is 48.8 Å². The van der Waals surface area contributed by atoms with Crippen molar-refractivity contribution in [3.05, 3.63) is 0 Å². The van der Waals surface area contributed by atoms with Crippen LogP contribution in [0.2, 0.25) is 0 Å². The van der Waals surface area contributed by atoms with E-state index in [1.165, 1.54) is 0 Å². The Balaban J connectivity index is 2.08. The first-order valence-electron chi connectivity index (χ1n) is 6.79. The molecule has 0 saturated carbocycles. The minimum Gasteiger partial charge on any atom is -0.394 e. The van der Waals surface area contributed by atoms with Crippen molar-refractivity contribution in [2.24, 2.45) is 0 Å². The summed E-state index contributed by atoms with van der Waals surface area (Å²) >= 11 is 0. The van der Waals surface area contributed by atoms with E-state index in [2.05, 4.69) is 0 Å². The summed E-state index contributed by atoms with van der Waals surface area (Å²) in [6, 6.07) is 0. The van der Waals surface area contributed by atoms with Crippen molar-refractivity contribution in [3.63, 3.8) is 0 Å². The Morgan fingerprint density at radius 1 is 1.18 bits per heavy atom. The molecule has 2 fully saturated rings. The highest BCUT2D eigenvalue weighted by molar-refractivity contribution is 5.57. The van der Waals surface area contributed by atoms with E-state index in [1.54, 1.807) is 0 Å². The van der Waals surface area contributed by atoms with Gasteiger partial charge in [0.15, 0.2) is 12.6 Å². The third-order valence-corrected chi connectivity index (χ3v) is 3.78. The van der Waals surface area contributed by atoms with E-state index in [4.69, 9.17) is 19.3 Å². The average Bonchev–Trinajstić information content (AvgIpc) is 2.88. The lowest BCUT2D eigenvalue weighted by Crippen LogP contribution is -2.60. The van der Waals surface area contributed by atoms with Gasteiger partial charge in [0, 0.05) is 0 Å². The van der Waals surface area contributed by atoms with Gasteiger partial charge in [-0.3, -0.25) is 0 Å². The van der Waals surface area contributed by atoms with Crippen molar-refractivity contribution in [1.29, 1.82) is 0 Å². The molecule has 0 aromatic heterocycles. The molecular weight excluding hydrogens is 304 g/mol. The molecule has 2 aliphatic heterocycles. The quantitative estimate of drug-likeness (QED) is 0.271. The Bertz CT molecular complexity index is 377. The van der Waals surface area contributed by atoms with Crippen molar-refractivity contribution < 1.29 is 49.6 Å². The van der Waals surface area contributed by atoms with Crippen molar-refractivity contribution in [3.8, 4) is 0 Å². The smallest absolute Gasteiger partial charge is 0.187 e. The lowest BCUT2D eigenvalue weighted by molar-refractivity contribution is -0.318. The Morgan fingerprint density at radius 3 is 2.45 bits per heavy atom. The zero-order valence-corrected chi connectivity index (χ0v) is 11.5. The van der Waals surface area contributed by atoms with Crippen LogP contribution in [0.5, 0.6) is 0 Å². The fourth-order valence-electron chi connectivity index (χ4n) is 2.49. The lowest BCUT2D eigenvalue weighted by atomic mass is 9.99. The van der Waals surface area contributed by atoms with Crippen molar-refractivity contribution in [2.45, 2.75) is 55.1 Å². The highest BCUT2D eigenvalue weighted by Gasteiger charge is 2.49. The zero-order chi connectivity index (χ0) is 16.4. The molecule has 0 radical (unpaired) electrons. The highest BCUT2D eigenvalue weighted by Crippen LogP contribution is 2.27. The largest absolute Gasteiger partial charge is 0.394 e. The van der Waals surface area contributed by atoms with Gasteiger partial charge in [0.2, 0.25) is 0 Å². The number of carbonyl (C=O) groups is 1. The summed E-state index contributed by atoms with van der Waals surface area (Å²) in [7, 11) is 0. The second-order valence-corrected chi connectivity index (χ2v) is 5.29. The standard InChI is InChI=1S/C12H20O10/c13-1-4(15)10-11(5(16)3-20-10)22-12-9(19)8(18)7(17)6(2-14)21-12/h1,4-12,14-19H,2-3H2/t4-,5+,6+,7+,8-,9+,10+,11-,12-/m0/s1. The molecule has 10 nitrogen and oxygen atoms in total. The highest BCUT2D eigenvalue weighted by atomic mass is 16.7. The first-order valence-corrected chi connectivity index (χ1v) is 6.79. The summed E-state index contributed by atoms with van der Waals surface area (Å²) in [5, 5.41) is 57.6. The van der Waals surface area contributed by atoms with Gasteiger partial charge in [-0.15, -0.1) is 0 Å². The Labute approximate surface area is 125 Å². The number of carbonyl (C=O) groups excluding carboxylic acids is 1. The van der Waals surface area contributed by atoms with Crippen LogP contribution in [0, 0.1) is 0 Å². The van der Waals surface area contributed by atoms with Gasteiger partial charge in [0.25, 0.3) is 0 Å². The molecule has 128 valence electrons. The summed E-state index contributed by atoms with van der Waals surface area (Å²) in [6.07, 6.45) is -12.4. The number of aliphatic hydroxyl groups excluding tert-OH is 6. The maximum absolute atomic E-state index is 10.6. The van der Waals surface area contributed by atoms with E-state index in [9.17, 15) is 30.3 Å². The summed E-state index contributed by atoms with van der Waals surface area (Å²) in [5.41, 5.74) is 0. The predicted octanol–water partition coefficient (Wildman–Crippen LogP) is -4.51. The minimum absolute atomic E-state index is 0.197. The van der Waals surface area contributed by atoms with E-state index >= 15 is 0 Å². The van der Waals surface area contributed by atoms with Crippen LogP contribution in [0.4, 0.5) is 0 Å². The van der Waals surface area contributed by atoms with Crippen LogP contribution in [0.1, 0.15) is 0 Å². The van der Waals surface area contributed by atoms with E-state index in [0.717, 1.165) is 0 Å². The number of rotatable bonds is 5. The van der Waals surface area contributed by atoms with Crippen molar-refractivity contribution in [2.75, 3.05) is 13.2 Å². The lowest BCUT2D eigenvalue weighted by Gasteiger charge is -2.41. The number of aliphatic hydroxyl groups is 6. The molecule has 0 aromatic carbocycles. The minimum atomic E-state index is -1.65. The first-order chi connectivity index (χ1) is 10.4. The summed E-state index contributed by atoms with van der Waals surface area (Å²) in [5.74, 6) is 0. The van der Waals surface area contributed by atoms with Crippen LogP contribution in [-0.4, -0.2) is 105 Å². The van der Waals surface area contributed by atoms with Crippen molar-refractivity contribution in [1.82, 2.24) is 0 Å². The monoisotopic (exact) mass is 324 g/mol. The molecule has 0 bridgehead atoms. The van der Waals surface area contributed by atoms with Gasteiger partial charge < -0.3 is 49.6 Å². The Morgan fingerprint density at radius 2 is 1.86 bits per heavy atom. The molecule has 0 aromatic rings. The SMILES string of the molecule is O=C[C@H](O)[C@H]1OC[C@@H](O)[C@@H]1O[C@@H]1O[C@H](CO)[C@@H](O)[C@H](O)[C@H]1O. The molecule has 6 N–H and O–H groups in total. The average molecular weight is 324 g/mol. The fraction of sp³-hybridized carbons (Fsp3) is 0.917. The molecule has 22 heavy (non-hydrogen) atoms. The van der Waals surface area contributed by atoms with Crippen LogP contribution >= 0.6 is 0 Å². The molecule has 9 atom stereocenters. The topological polar surface area (TPSA) is 166 Å². The van der Waals surface area contributed by atoms with Crippen LogP contribution in [-0.2, 0) is 19.0 Å². The van der Waals surface area contributed by atoms with Gasteiger partial charge in [0.05, 0.1) is 13.2 Å². The van der Waals surface area contributed by atoms with Crippen LogP contribution in [0.25, 0.3) is 0 Å². The summed E-state index contributed by atoms with van der Waals surface area (Å²) in [4.78, 5) is 10.6. The normalized spacial score (nSPS) is 47.4. The molecule has 2 heterocycles. The van der Waals surface area contributed by atoms with Crippen LogP contribution < -0.4 is 0 Å². The summed E-state index contributed by atoms with van der Waals surface area (Å²) in [6.45, 7) is -0.827. The molecule has 10 heteroatoms. The number of ether oxygens (including phenoxy) is 3. The number of aldehydes is 1. The van der Waals surface area contributed by atoms with Crippen LogP contribution in [0.3, 0.4) is 0 Å². The predicted molar refractivity (Wildman–Crippen MR) is 66.5 cm³/mol. The number of hydrogen-bond donors (Lipinski definition) is 6. The molecular formula is C12H20O10. The Kier molecular flexibility index (Phi) is 5.82. The van der Waals surface area contributed by atoms with E-state index in [-0.39, 0.29) is 12.9 Å². The van der Waals surface area contributed by atoms with Gasteiger partial charge in [-0.1, -0.05) is 0 Å². The molecule has 2 saturated heterocycles. The van der Waals surface area contributed by atoms with Crippen molar-refractivity contribution >= 4 is 6.29 Å². The maximum Gasteiger partial charge on any atom is 0.187 e. The molecule has 0 spiro atoms. The second-order valence-electron chi connectivity index (χ2n) is 5.29. The summed E-state index contributed by atoms with van der Waals surface area (Å²) < 4.78 is 15.5. The fourth-order valence-corrected chi connectivity index (χ4v) is 2.49. The molecule has 2 aliphatic rings. The van der Waals surface area contributed by atoms with Crippen LogP contribution in [0.15, 0.2) is 0 Å². The van der Waals surface area contributed by atoms with Gasteiger partial charge in [-0.25, -0.2) is 0 Å². The third-order valence-electron chi connectivity index (χ3n) is 3.78. The van der Waals surface area contributed by atoms with E-state index in [0.29, 0.717) is 0 Å². The Hall–Kier alpha value is -0.690. The van der Waals surface area contributed by atoms with Gasteiger partial charge in [-0.05, 0) is 0 Å². The molecule has 0 amide bonds. The van der Waals surface area contributed by atoms with Gasteiger partial charge >= 0.3 is 0 Å². The first kappa shape index (κ1) is 17.7. The molecule has 0 unspecified atom stereocenters. The van der Waals surface area contributed by atoms with E-state index < -0.39 is 61.7 Å². The molecule has 0 aliphatic carbocycles. The zero-order valence-electron chi connectivity index (χ0n) is 11.5. The molecule has 2 rings (SSSR count). The second kappa shape index (κ2) is 7.25. The third kappa shape index (κ3) is 3.30.